The summed E-state index contributed by atoms with van der Waals surface area (Å²) in [5, 5.41) is 12.1. The summed E-state index contributed by atoms with van der Waals surface area (Å²) in [6.45, 7) is 3.81. The van der Waals surface area contributed by atoms with Crippen molar-refractivity contribution in [3.63, 3.8) is 0 Å². The van der Waals surface area contributed by atoms with Gasteiger partial charge in [-0.25, -0.2) is 0 Å². The number of rotatable bonds is 4. The molecule has 1 aromatic carbocycles. The third-order valence-corrected chi connectivity index (χ3v) is 4.17. The Morgan fingerprint density at radius 2 is 2.04 bits per heavy atom. The van der Waals surface area contributed by atoms with E-state index >= 15 is 0 Å². The zero-order valence-electron chi connectivity index (χ0n) is 13.6. The monoisotopic (exact) mass is 328 g/mol. The van der Waals surface area contributed by atoms with Crippen molar-refractivity contribution in [1.82, 2.24) is 25.1 Å². The number of benzene rings is 1. The lowest BCUT2D eigenvalue weighted by molar-refractivity contribution is -0.134. The molecule has 8 nitrogen and oxygen atoms in total. The van der Waals surface area contributed by atoms with Gasteiger partial charge in [-0.3, -0.25) is 9.59 Å². The van der Waals surface area contributed by atoms with Gasteiger partial charge in [0.2, 0.25) is 17.6 Å². The standard InChI is InChI=1S/C16H20N6O2/c1-11-3-2-8-21(9-11)14(23)10-22-19-16(18-20-22)13-6-4-12(5-7-13)15(17)24/h4-7,11H,2-3,8-10H2,1H3,(H2,17,24)/t11-/m1/s1. The smallest absolute Gasteiger partial charge is 0.248 e. The Labute approximate surface area is 139 Å². The largest absolute Gasteiger partial charge is 0.366 e. The van der Waals surface area contributed by atoms with Gasteiger partial charge < -0.3 is 10.6 Å². The molecule has 0 unspecified atom stereocenters. The first kappa shape index (κ1) is 16.1. The predicted octanol–water partition coefficient (Wildman–Crippen LogP) is 0.697. The van der Waals surface area contributed by atoms with Gasteiger partial charge in [-0.2, -0.15) is 4.80 Å². The fourth-order valence-corrected chi connectivity index (χ4v) is 2.85. The van der Waals surface area contributed by atoms with Crippen LogP contribution in [0.15, 0.2) is 24.3 Å². The Kier molecular flexibility index (Phi) is 4.54. The van der Waals surface area contributed by atoms with Gasteiger partial charge in [0.05, 0.1) is 0 Å². The van der Waals surface area contributed by atoms with Gasteiger partial charge in [0.1, 0.15) is 6.54 Å². The van der Waals surface area contributed by atoms with E-state index in [1.54, 1.807) is 24.3 Å². The summed E-state index contributed by atoms with van der Waals surface area (Å²) in [6, 6.07) is 6.63. The van der Waals surface area contributed by atoms with Crippen LogP contribution in [-0.4, -0.2) is 50.0 Å². The number of hydrogen-bond donors (Lipinski definition) is 1. The van der Waals surface area contributed by atoms with Crippen molar-refractivity contribution in [2.24, 2.45) is 11.7 Å². The maximum absolute atomic E-state index is 12.3. The topological polar surface area (TPSA) is 107 Å². The number of likely N-dealkylation sites (tertiary alicyclic amines) is 1. The van der Waals surface area contributed by atoms with Gasteiger partial charge in [0.15, 0.2) is 0 Å². The number of nitrogens with two attached hydrogens (primary N) is 1. The lowest BCUT2D eigenvalue weighted by Gasteiger charge is -2.30. The summed E-state index contributed by atoms with van der Waals surface area (Å²) in [5.41, 5.74) is 6.34. The number of primary amides is 1. The molecule has 0 aliphatic carbocycles. The molecule has 1 aromatic heterocycles. The molecule has 1 aliphatic heterocycles. The number of carbonyl (C=O) groups excluding carboxylic acids is 2. The molecular weight excluding hydrogens is 308 g/mol. The van der Waals surface area contributed by atoms with E-state index in [2.05, 4.69) is 22.3 Å². The molecule has 2 amide bonds. The van der Waals surface area contributed by atoms with Crippen LogP contribution in [0.25, 0.3) is 11.4 Å². The Hall–Kier alpha value is -2.77. The molecule has 24 heavy (non-hydrogen) atoms. The molecule has 8 heteroatoms. The maximum atomic E-state index is 12.3. The highest BCUT2D eigenvalue weighted by molar-refractivity contribution is 5.93. The van der Waals surface area contributed by atoms with E-state index < -0.39 is 5.91 Å². The fourth-order valence-electron chi connectivity index (χ4n) is 2.85. The number of piperidine rings is 1. The van der Waals surface area contributed by atoms with Crippen LogP contribution < -0.4 is 5.73 Å². The van der Waals surface area contributed by atoms with Crippen molar-refractivity contribution in [2.45, 2.75) is 26.3 Å². The molecule has 0 saturated carbocycles. The van der Waals surface area contributed by atoms with Crippen molar-refractivity contribution < 1.29 is 9.59 Å². The fraction of sp³-hybridized carbons (Fsp3) is 0.438. The highest BCUT2D eigenvalue weighted by atomic mass is 16.2. The molecular formula is C16H20N6O2. The first-order chi connectivity index (χ1) is 11.5. The van der Waals surface area contributed by atoms with E-state index in [0.717, 1.165) is 25.9 Å². The molecule has 126 valence electrons. The van der Waals surface area contributed by atoms with E-state index in [1.165, 1.54) is 4.80 Å². The average molecular weight is 328 g/mol. The van der Waals surface area contributed by atoms with Crippen LogP contribution in [0, 0.1) is 5.92 Å². The normalized spacial score (nSPS) is 17.7. The molecule has 2 heterocycles. The third-order valence-electron chi connectivity index (χ3n) is 4.17. The van der Waals surface area contributed by atoms with Crippen LogP contribution in [0.5, 0.6) is 0 Å². The molecule has 0 bridgehead atoms. The number of carbonyl (C=O) groups is 2. The van der Waals surface area contributed by atoms with Crippen LogP contribution in [0.3, 0.4) is 0 Å². The van der Waals surface area contributed by atoms with Crippen LogP contribution in [0.1, 0.15) is 30.1 Å². The van der Waals surface area contributed by atoms with E-state index in [0.29, 0.717) is 22.9 Å². The SMILES string of the molecule is C[C@@H]1CCCN(C(=O)Cn2nnc(-c3ccc(C(N)=O)cc3)n2)C1. The van der Waals surface area contributed by atoms with Crippen molar-refractivity contribution in [3.8, 4) is 11.4 Å². The Morgan fingerprint density at radius 3 is 2.71 bits per heavy atom. The van der Waals surface area contributed by atoms with Crippen LogP contribution in [0.4, 0.5) is 0 Å². The van der Waals surface area contributed by atoms with Gasteiger partial charge in [-0.1, -0.05) is 19.1 Å². The maximum Gasteiger partial charge on any atom is 0.248 e. The van der Waals surface area contributed by atoms with E-state index in [-0.39, 0.29) is 12.5 Å². The van der Waals surface area contributed by atoms with Gasteiger partial charge in [-0.15, -0.1) is 10.2 Å². The molecule has 1 saturated heterocycles. The number of aromatic nitrogens is 4. The molecule has 2 aromatic rings. The second-order valence-corrected chi connectivity index (χ2v) is 6.17. The summed E-state index contributed by atoms with van der Waals surface area (Å²) in [7, 11) is 0. The van der Waals surface area contributed by atoms with Gasteiger partial charge in [-0.05, 0) is 36.1 Å². The van der Waals surface area contributed by atoms with Gasteiger partial charge >= 0.3 is 0 Å². The summed E-state index contributed by atoms with van der Waals surface area (Å²) >= 11 is 0. The summed E-state index contributed by atoms with van der Waals surface area (Å²) in [4.78, 5) is 26.6. The van der Waals surface area contributed by atoms with E-state index in [9.17, 15) is 9.59 Å². The quantitative estimate of drug-likeness (QED) is 0.889. The minimum atomic E-state index is -0.487. The minimum Gasteiger partial charge on any atom is -0.366 e. The molecule has 0 radical (unpaired) electrons. The Morgan fingerprint density at radius 1 is 1.29 bits per heavy atom. The predicted molar refractivity (Wildman–Crippen MR) is 86.7 cm³/mol. The highest BCUT2D eigenvalue weighted by Gasteiger charge is 2.21. The molecule has 1 aliphatic rings. The summed E-state index contributed by atoms with van der Waals surface area (Å²) in [6.07, 6.45) is 2.20. The average Bonchev–Trinajstić information content (AvgIpc) is 3.03. The first-order valence-corrected chi connectivity index (χ1v) is 7.99. The second-order valence-electron chi connectivity index (χ2n) is 6.17. The molecule has 0 spiro atoms. The number of tetrazole rings is 1. The van der Waals surface area contributed by atoms with Crippen molar-refractivity contribution in [3.05, 3.63) is 29.8 Å². The van der Waals surface area contributed by atoms with Crippen LogP contribution in [0.2, 0.25) is 0 Å². The van der Waals surface area contributed by atoms with E-state index in [1.807, 2.05) is 4.90 Å². The third kappa shape index (κ3) is 3.58. The molecule has 3 rings (SSSR count). The lowest BCUT2D eigenvalue weighted by atomic mass is 10.0. The number of nitrogens with zero attached hydrogens (tertiary/aromatic N) is 5. The van der Waals surface area contributed by atoms with E-state index in [4.69, 9.17) is 5.73 Å². The molecule has 1 atom stereocenters. The number of amides is 2. The minimum absolute atomic E-state index is 0.00887. The highest BCUT2D eigenvalue weighted by Crippen LogP contribution is 2.16. The van der Waals surface area contributed by atoms with Gasteiger partial charge in [0, 0.05) is 24.2 Å². The molecule has 2 N–H and O–H groups in total. The zero-order valence-corrected chi connectivity index (χ0v) is 13.6. The van der Waals surface area contributed by atoms with Gasteiger partial charge in [0.25, 0.3) is 0 Å². The Balaban J connectivity index is 1.66. The van der Waals surface area contributed by atoms with Crippen molar-refractivity contribution in [1.29, 1.82) is 0 Å². The Bertz CT molecular complexity index is 739. The van der Waals surface area contributed by atoms with Crippen molar-refractivity contribution >= 4 is 11.8 Å². The summed E-state index contributed by atoms with van der Waals surface area (Å²) < 4.78 is 0. The lowest BCUT2D eigenvalue weighted by Crippen LogP contribution is -2.41. The summed E-state index contributed by atoms with van der Waals surface area (Å²) in [5.74, 6) is 0.464. The zero-order chi connectivity index (χ0) is 17.1. The van der Waals surface area contributed by atoms with Crippen LogP contribution in [-0.2, 0) is 11.3 Å². The number of hydrogen-bond acceptors (Lipinski definition) is 5. The second kappa shape index (κ2) is 6.77. The first-order valence-electron chi connectivity index (χ1n) is 7.99. The van der Waals surface area contributed by atoms with Crippen molar-refractivity contribution in [2.75, 3.05) is 13.1 Å². The molecule has 1 fully saturated rings. The van der Waals surface area contributed by atoms with Crippen LogP contribution >= 0.6 is 0 Å².